The molecule has 24 heavy (non-hydrogen) atoms. The molecular formula is C15H21ClN2O4S2. The van der Waals surface area contributed by atoms with Gasteiger partial charge in [0.1, 0.15) is 0 Å². The molecule has 1 aromatic rings. The van der Waals surface area contributed by atoms with Crippen LogP contribution in [0.2, 0.25) is 5.02 Å². The summed E-state index contributed by atoms with van der Waals surface area (Å²) in [7, 11) is -7.06. The summed E-state index contributed by atoms with van der Waals surface area (Å²) in [6.45, 7) is 2.49. The lowest BCUT2D eigenvalue weighted by Gasteiger charge is -2.30. The Bertz CT molecular complexity index is 859. The third-order valence-corrected chi connectivity index (χ3v) is 8.61. The topological polar surface area (TPSA) is 97.5 Å². The minimum absolute atomic E-state index is 0.0548. The third-order valence-electron chi connectivity index (χ3n) is 5.34. The normalized spacial score (nSPS) is 24.2. The van der Waals surface area contributed by atoms with E-state index in [1.807, 2.05) is 0 Å². The van der Waals surface area contributed by atoms with E-state index in [1.54, 1.807) is 19.1 Å². The fraction of sp³-hybridized carbons (Fsp3) is 0.600. The minimum atomic E-state index is -3.65. The minimum Gasteiger partial charge on any atom is -0.224 e. The van der Waals surface area contributed by atoms with Crippen LogP contribution in [0.5, 0.6) is 0 Å². The number of hydrogen-bond acceptors (Lipinski definition) is 4. The largest absolute Gasteiger partial charge is 0.276 e. The first-order valence-electron chi connectivity index (χ1n) is 7.80. The summed E-state index contributed by atoms with van der Waals surface area (Å²) in [5, 5.41) is 5.56. The van der Waals surface area contributed by atoms with Crippen LogP contribution in [0.4, 0.5) is 0 Å². The molecule has 1 heterocycles. The lowest BCUT2D eigenvalue weighted by molar-refractivity contribution is 0.244. The summed E-state index contributed by atoms with van der Waals surface area (Å²) in [5.74, 6) is 0.160. The van der Waals surface area contributed by atoms with Gasteiger partial charge in [-0.3, -0.25) is 0 Å². The highest BCUT2D eigenvalue weighted by Gasteiger charge is 2.56. The van der Waals surface area contributed by atoms with E-state index in [1.165, 1.54) is 10.4 Å². The maximum atomic E-state index is 12.7. The van der Waals surface area contributed by atoms with Crippen molar-refractivity contribution in [3.63, 3.8) is 0 Å². The number of benzene rings is 1. The Morgan fingerprint density at radius 1 is 1.25 bits per heavy atom. The Hall–Kier alpha value is -0.670. The van der Waals surface area contributed by atoms with Crippen molar-refractivity contribution >= 4 is 31.6 Å². The maximum absolute atomic E-state index is 12.7. The molecule has 1 atom stereocenters. The van der Waals surface area contributed by atoms with E-state index in [4.69, 9.17) is 16.7 Å². The highest BCUT2D eigenvalue weighted by atomic mass is 35.5. The third kappa shape index (κ3) is 3.48. The van der Waals surface area contributed by atoms with Crippen molar-refractivity contribution in [2.75, 3.05) is 18.8 Å². The molecule has 2 N–H and O–H groups in total. The van der Waals surface area contributed by atoms with Gasteiger partial charge in [0.25, 0.3) is 10.2 Å². The van der Waals surface area contributed by atoms with E-state index >= 15 is 0 Å². The molecule has 0 unspecified atom stereocenters. The Morgan fingerprint density at radius 3 is 2.46 bits per heavy atom. The van der Waals surface area contributed by atoms with Gasteiger partial charge in [-0.2, -0.15) is 12.7 Å². The highest BCUT2D eigenvalue weighted by Crippen LogP contribution is 2.60. The van der Waals surface area contributed by atoms with Gasteiger partial charge >= 0.3 is 0 Å². The smallest absolute Gasteiger partial charge is 0.224 e. The predicted molar refractivity (Wildman–Crippen MR) is 92.7 cm³/mol. The molecule has 1 aliphatic heterocycles. The molecule has 2 fully saturated rings. The zero-order chi connectivity index (χ0) is 17.8. The number of piperidine rings is 1. The zero-order valence-electron chi connectivity index (χ0n) is 13.4. The number of halogens is 1. The second kappa shape index (κ2) is 5.95. The Morgan fingerprint density at radius 2 is 1.88 bits per heavy atom. The van der Waals surface area contributed by atoms with Crippen molar-refractivity contribution in [2.24, 2.45) is 16.5 Å². The van der Waals surface area contributed by atoms with E-state index in [0.29, 0.717) is 41.4 Å². The van der Waals surface area contributed by atoms with Crippen LogP contribution in [0.15, 0.2) is 23.1 Å². The standard InChI is InChI=1S/C15H21ClN2O4S2/c1-11-2-3-13(16)8-14(11)23(19,20)10-12-9-15(12)4-6-18(7-5-15)24(17,21)22/h2-3,8,12H,4-7,9-10H2,1H3,(H2,17,21,22)/t12-/m0/s1. The fourth-order valence-electron chi connectivity index (χ4n) is 3.73. The highest BCUT2D eigenvalue weighted by molar-refractivity contribution is 7.91. The first-order chi connectivity index (χ1) is 11.0. The fourth-order valence-corrected chi connectivity index (χ4v) is 6.70. The summed E-state index contributed by atoms with van der Waals surface area (Å²) >= 11 is 5.94. The molecule has 0 radical (unpaired) electrons. The van der Waals surface area contributed by atoms with Gasteiger partial charge in [-0.25, -0.2) is 13.6 Å². The van der Waals surface area contributed by atoms with Crippen LogP contribution in [0.25, 0.3) is 0 Å². The molecular weight excluding hydrogens is 372 g/mol. The van der Waals surface area contributed by atoms with Gasteiger partial charge in [0.2, 0.25) is 0 Å². The number of nitrogens with two attached hydrogens (primary N) is 1. The SMILES string of the molecule is Cc1ccc(Cl)cc1S(=O)(=O)C[C@@H]1CC12CCN(S(N)(=O)=O)CC2. The summed E-state index contributed by atoms with van der Waals surface area (Å²) in [6, 6.07) is 4.89. The van der Waals surface area contributed by atoms with Crippen molar-refractivity contribution < 1.29 is 16.8 Å². The lowest BCUT2D eigenvalue weighted by atomic mass is 9.92. The molecule has 6 nitrogen and oxygen atoms in total. The summed E-state index contributed by atoms with van der Waals surface area (Å²) < 4.78 is 49.5. The monoisotopic (exact) mass is 392 g/mol. The van der Waals surface area contributed by atoms with Gasteiger partial charge in [0, 0.05) is 18.1 Å². The average Bonchev–Trinajstić information content (AvgIpc) is 3.11. The second-order valence-corrected chi connectivity index (χ2v) is 10.9. The maximum Gasteiger partial charge on any atom is 0.276 e. The number of sulfone groups is 1. The van der Waals surface area contributed by atoms with Gasteiger partial charge in [0.05, 0.1) is 10.6 Å². The number of hydrogen-bond donors (Lipinski definition) is 1. The molecule has 9 heteroatoms. The molecule has 2 aliphatic rings. The predicted octanol–water partition coefficient (Wildman–Crippen LogP) is 1.73. The van der Waals surface area contributed by atoms with Gasteiger partial charge in [-0.15, -0.1) is 0 Å². The van der Waals surface area contributed by atoms with E-state index in [9.17, 15) is 16.8 Å². The molecule has 134 valence electrons. The Labute approximate surface area is 148 Å². The van der Waals surface area contributed by atoms with Crippen molar-refractivity contribution in [1.29, 1.82) is 0 Å². The van der Waals surface area contributed by atoms with Crippen molar-refractivity contribution in [1.82, 2.24) is 4.31 Å². The van der Waals surface area contributed by atoms with E-state index in [2.05, 4.69) is 0 Å². The Kier molecular flexibility index (Phi) is 4.49. The zero-order valence-corrected chi connectivity index (χ0v) is 15.8. The molecule has 0 amide bonds. The summed E-state index contributed by atoms with van der Waals surface area (Å²) in [5.41, 5.74) is 0.638. The molecule has 1 spiro atoms. The van der Waals surface area contributed by atoms with E-state index in [0.717, 1.165) is 6.42 Å². The number of aryl methyl sites for hydroxylation is 1. The number of nitrogens with zero attached hydrogens (tertiary/aromatic N) is 1. The first-order valence-corrected chi connectivity index (χ1v) is 11.3. The van der Waals surface area contributed by atoms with Gasteiger partial charge in [-0.1, -0.05) is 17.7 Å². The van der Waals surface area contributed by atoms with Crippen molar-refractivity contribution in [3.8, 4) is 0 Å². The van der Waals surface area contributed by atoms with Gasteiger partial charge in [-0.05, 0) is 55.2 Å². The molecule has 1 aromatic carbocycles. The van der Waals surface area contributed by atoms with Crippen LogP contribution in [0.1, 0.15) is 24.8 Å². The first kappa shape index (κ1) is 18.1. The lowest BCUT2D eigenvalue weighted by Crippen LogP contribution is -2.43. The molecule has 1 aliphatic carbocycles. The number of rotatable bonds is 4. The average molecular weight is 393 g/mol. The van der Waals surface area contributed by atoms with Gasteiger partial charge in [0.15, 0.2) is 9.84 Å². The molecule has 0 aromatic heterocycles. The van der Waals surface area contributed by atoms with Crippen LogP contribution in [0, 0.1) is 18.3 Å². The van der Waals surface area contributed by atoms with Gasteiger partial charge < -0.3 is 0 Å². The van der Waals surface area contributed by atoms with Crippen molar-refractivity contribution in [3.05, 3.63) is 28.8 Å². The Balaban J connectivity index is 1.70. The van der Waals surface area contributed by atoms with E-state index < -0.39 is 20.0 Å². The summed E-state index contributed by atoms with van der Waals surface area (Å²) in [6.07, 6.45) is 2.15. The quantitative estimate of drug-likeness (QED) is 0.843. The summed E-state index contributed by atoms with van der Waals surface area (Å²) in [4.78, 5) is 0.291. The van der Waals surface area contributed by atoms with Crippen LogP contribution < -0.4 is 5.14 Å². The molecule has 0 bridgehead atoms. The molecule has 1 saturated carbocycles. The van der Waals surface area contributed by atoms with Crippen LogP contribution in [-0.4, -0.2) is 40.0 Å². The van der Waals surface area contributed by atoms with Crippen molar-refractivity contribution in [2.45, 2.75) is 31.1 Å². The van der Waals surface area contributed by atoms with Crippen LogP contribution in [0.3, 0.4) is 0 Å². The van der Waals surface area contributed by atoms with Crippen LogP contribution >= 0.6 is 11.6 Å². The molecule has 1 saturated heterocycles. The van der Waals surface area contributed by atoms with E-state index in [-0.39, 0.29) is 17.1 Å². The second-order valence-electron chi connectivity index (χ2n) is 6.90. The van der Waals surface area contributed by atoms with Crippen LogP contribution in [-0.2, 0) is 20.0 Å². The molecule has 3 rings (SSSR count).